The Hall–Kier alpha value is -4.39. The van der Waals surface area contributed by atoms with Gasteiger partial charge in [-0.25, -0.2) is 4.79 Å². The molecule has 0 aliphatic heterocycles. The molecule has 0 bridgehead atoms. The van der Waals surface area contributed by atoms with E-state index in [0.717, 1.165) is 16.6 Å². The summed E-state index contributed by atoms with van der Waals surface area (Å²) < 4.78 is 7.57. The average molecular weight is 749 g/mol. The van der Waals surface area contributed by atoms with E-state index < -0.39 is 17.9 Å². The number of aromatic nitrogens is 3. The summed E-state index contributed by atoms with van der Waals surface area (Å²) in [6.07, 6.45) is 2.57. The third-order valence-corrected chi connectivity index (χ3v) is 9.63. The molecule has 1 aliphatic rings. The number of carbonyl (C=O) groups excluding carboxylic acids is 3. The molecule has 13 heteroatoms. The van der Waals surface area contributed by atoms with Crippen molar-refractivity contribution < 1.29 is 24.2 Å². The number of halogens is 2. The van der Waals surface area contributed by atoms with Gasteiger partial charge in [-0.15, -0.1) is 10.2 Å². The minimum Gasteiger partial charge on any atom is -0.508 e. The lowest BCUT2D eigenvalue weighted by molar-refractivity contribution is -0.145. The minimum absolute atomic E-state index is 0.0280. The van der Waals surface area contributed by atoms with Gasteiger partial charge in [0.25, 0.3) is 5.91 Å². The lowest BCUT2D eigenvalue weighted by Gasteiger charge is -2.18. The molecule has 1 fully saturated rings. The Morgan fingerprint density at radius 1 is 1.04 bits per heavy atom. The second-order valence-corrected chi connectivity index (χ2v) is 13.3. The van der Waals surface area contributed by atoms with Crippen LogP contribution in [0.25, 0.3) is 16.5 Å². The number of carbonyl (C=O) groups is 3. The molecule has 0 spiro atoms. The predicted octanol–water partition coefficient (Wildman–Crippen LogP) is 7.05. The standard InChI is InChI=1S/C35H31BrClN5O5S/c1-2-47-33(46)29(17-20-7-12-23(43)13-8-20)39-32(45)22-11-15-28(27(37)18-22)38-31(44)19-48-35-41-40-34(36)42(35)30-16-14-24(21-9-10-21)25-5-3-4-6-26(25)30/h3-8,11-16,18,21,29,43H,2,9-10,17,19H2,1H3,(H,38,44)(H,39,45)/t29-/m0/s1. The van der Waals surface area contributed by atoms with Gasteiger partial charge in [0.1, 0.15) is 11.8 Å². The van der Waals surface area contributed by atoms with E-state index in [1.807, 2.05) is 16.7 Å². The number of nitrogens with zero attached hydrogens (tertiary/aromatic N) is 3. The van der Waals surface area contributed by atoms with E-state index in [2.05, 4.69) is 61.0 Å². The summed E-state index contributed by atoms with van der Waals surface area (Å²) in [7, 11) is 0. The van der Waals surface area contributed by atoms with Gasteiger partial charge < -0.3 is 20.5 Å². The lowest BCUT2D eigenvalue weighted by Crippen LogP contribution is -2.43. The second-order valence-electron chi connectivity index (χ2n) is 11.3. The fourth-order valence-corrected chi connectivity index (χ4v) is 6.95. The monoisotopic (exact) mass is 747 g/mol. The number of rotatable bonds is 12. The van der Waals surface area contributed by atoms with Crippen molar-refractivity contribution >= 4 is 73.5 Å². The van der Waals surface area contributed by atoms with Crippen molar-refractivity contribution in [3.63, 3.8) is 0 Å². The van der Waals surface area contributed by atoms with Crippen LogP contribution in [0.15, 0.2) is 88.8 Å². The van der Waals surface area contributed by atoms with Gasteiger partial charge in [-0.1, -0.05) is 65.8 Å². The first-order valence-corrected chi connectivity index (χ1v) is 17.5. The Morgan fingerprint density at radius 3 is 2.50 bits per heavy atom. The number of thioether (sulfide) groups is 1. The van der Waals surface area contributed by atoms with Crippen LogP contribution >= 0.6 is 39.3 Å². The van der Waals surface area contributed by atoms with E-state index >= 15 is 0 Å². The topological polar surface area (TPSA) is 135 Å². The van der Waals surface area contributed by atoms with Gasteiger partial charge in [-0.2, -0.15) is 0 Å². The summed E-state index contributed by atoms with van der Waals surface area (Å²) >= 11 is 11.2. The van der Waals surface area contributed by atoms with Crippen LogP contribution in [-0.4, -0.2) is 56.1 Å². The predicted molar refractivity (Wildman–Crippen MR) is 189 cm³/mol. The summed E-state index contributed by atoms with van der Waals surface area (Å²) in [6, 6.07) is 22.4. The number of esters is 1. The van der Waals surface area contributed by atoms with Gasteiger partial charge in [0.15, 0.2) is 5.16 Å². The first-order chi connectivity index (χ1) is 23.2. The Morgan fingerprint density at radius 2 is 1.79 bits per heavy atom. The molecule has 0 radical (unpaired) electrons. The van der Waals surface area contributed by atoms with Crippen LogP contribution in [0, 0.1) is 0 Å². The molecular formula is C35H31BrClN5O5S. The normalized spacial score (nSPS) is 13.2. The van der Waals surface area contributed by atoms with E-state index in [4.69, 9.17) is 16.3 Å². The van der Waals surface area contributed by atoms with E-state index in [9.17, 15) is 19.5 Å². The Kier molecular flexibility index (Phi) is 10.3. The van der Waals surface area contributed by atoms with Crippen molar-refractivity contribution in [3.8, 4) is 11.4 Å². The third kappa shape index (κ3) is 7.67. The quantitative estimate of drug-likeness (QED) is 0.0913. The van der Waals surface area contributed by atoms with Crippen molar-refractivity contribution in [2.75, 3.05) is 17.7 Å². The van der Waals surface area contributed by atoms with Crippen LogP contribution in [0.3, 0.4) is 0 Å². The molecule has 6 rings (SSSR count). The number of nitrogens with one attached hydrogen (secondary N) is 2. The smallest absolute Gasteiger partial charge is 0.328 e. The summed E-state index contributed by atoms with van der Waals surface area (Å²) in [4.78, 5) is 38.7. The number of hydrogen-bond donors (Lipinski definition) is 3. The highest BCUT2D eigenvalue weighted by Gasteiger charge is 2.27. The second kappa shape index (κ2) is 14.8. The zero-order valence-corrected chi connectivity index (χ0v) is 28.9. The highest BCUT2D eigenvalue weighted by atomic mass is 79.9. The Labute approximate surface area is 294 Å². The maximum absolute atomic E-state index is 13.1. The van der Waals surface area contributed by atoms with E-state index in [0.29, 0.717) is 21.5 Å². The van der Waals surface area contributed by atoms with Crippen molar-refractivity contribution in [1.82, 2.24) is 20.1 Å². The number of hydrogen-bond acceptors (Lipinski definition) is 8. The molecule has 1 saturated carbocycles. The van der Waals surface area contributed by atoms with Crippen molar-refractivity contribution in [3.05, 3.63) is 105 Å². The molecular weight excluding hydrogens is 718 g/mol. The number of anilines is 1. The van der Waals surface area contributed by atoms with Gasteiger partial charge >= 0.3 is 5.97 Å². The zero-order valence-electron chi connectivity index (χ0n) is 25.8. The summed E-state index contributed by atoms with van der Waals surface area (Å²) in [5, 5.41) is 26.6. The average Bonchev–Trinajstić information content (AvgIpc) is 3.86. The van der Waals surface area contributed by atoms with Gasteiger partial charge in [0.2, 0.25) is 10.6 Å². The Balaban J connectivity index is 1.11. The molecule has 2 amide bonds. The molecule has 0 saturated heterocycles. The van der Waals surface area contributed by atoms with E-state index in [-0.39, 0.29) is 41.0 Å². The van der Waals surface area contributed by atoms with Gasteiger partial charge in [-0.3, -0.25) is 14.2 Å². The van der Waals surface area contributed by atoms with Gasteiger partial charge in [0, 0.05) is 17.4 Å². The van der Waals surface area contributed by atoms with Crippen molar-refractivity contribution in [1.29, 1.82) is 0 Å². The molecule has 1 atom stereocenters. The number of ether oxygens (including phenoxy) is 1. The molecule has 1 heterocycles. The number of phenols is 1. The maximum atomic E-state index is 13.1. The fourth-order valence-electron chi connectivity index (χ4n) is 5.42. The van der Waals surface area contributed by atoms with Gasteiger partial charge in [0.05, 0.1) is 28.8 Å². The van der Waals surface area contributed by atoms with E-state index in [1.54, 1.807) is 19.1 Å². The first kappa shape index (κ1) is 33.5. The number of amides is 2. The molecule has 0 unspecified atom stereocenters. The summed E-state index contributed by atoms with van der Waals surface area (Å²) in [6.45, 7) is 1.83. The first-order valence-electron chi connectivity index (χ1n) is 15.3. The molecule has 5 aromatic rings. The lowest BCUT2D eigenvalue weighted by atomic mass is 9.99. The van der Waals surface area contributed by atoms with Crippen LogP contribution in [-0.2, 0) is 20.7 Å². The molecule has 1 aliphatic carbocycles. The van der Waals surface area contributed by atoms with Crippen molar-refractivity contribution in [2.45, 2.75) is 43.3 Å². The zero-order chi connectivity index (χ0) is 33.8. The number of aromatic hydroxyl groups is 1. The van der Waals surface area contributed by atoms with Crippen LogP contribution in [0.1, 0.15) is 47.2 Å². The summed E-state index contributed by atoms with van der Waals surface area (Å²) in [5.74, 6) is -0.729. The highest BCUT2D eigenvalue weighted by molar-refractivity contribution is 9.10. The largest absolute Gasteiger partial charge is 0.508 e. The van der Waals surface area contributed by atoms with Crippen molar-refractivity contribution in [2.24, 2.45) is 0 Å². The molecule has 10 nitrogen and oxygen atoms in total. The van der Waals surface area contributed by atoms with Crippen LogP contribution in [0.2, 0.25) is 5.02 Å². The van der Waals surface area contributed by atoms with Crippen LogP contribution < -0.4 is 10.6 Å². The fraction of sp³-hybridized carbons (Fsp3) is 0.229. The highest BCUT2D eigenvalue weighted by Crippen LogP contribution is 2.44. The number of fused-ring (bicyclic) bond motifs is 1. The van der Waals surface area contributed by atoms with Crippen LogP contribution in [0.5, 0.6) is 5.75 Å². The summed E-state index contributed by atoms with van der Waals surface area (Å²) in [5.41, 5.74) is 3.52. The molecule has 48 heavy (non-hydrogen) atoms. The number of benzene rings is 4. The van der Waals surface area contributed by atoms with Crippen LogP contribution in [0.4, 0.5) is 5.69 Å². The molecule has 246 valence electrons. The minimum atomic E-state index is -0.964. The SMILES string of the molecule is CCOC(=O)[C@H](Cc1ccc(O)cc1)NC(=O)c1ccc(NC(=O)CSc2nnc(Br)n2-c2ccc(C3CC3)c3ccccc23)c(Cl)c1. The van der Waals surface area contributed by atoms with Gasteiger partial charge in [-0.05, 0) is 94.5 Å². The number of phenolic OH excluding ortho intramolecular Hbond substituents is 1. The Bertz CT molecular complexity index is 2000. The molecule has 3 N–H and O–H groups in total. The molecule has 4 aromatic carbocycles. The maximum Gasteiger partial charge on any atom is 0.328 e. The third-order valence-electron chi connectivity index (χ3n) is 7.88. The molecule has 1 aromatic heterocycles. The van der Waals surface area contributed by atoms with E-state index in [1.165, 1.54) is 65.9 Å².